The number of allylic oxidation sites excluding steroid dienone is 5. The molecule has 0 bridgehead atoms. The lowest BCUT2D eigenvalue weighted by Gasteiger charge is -2.43. The summed E-state index contributed by atoms with van der Waals surface area (Å²) in [6.45, 7) is 10.6. The summed E-state index contributed by atoms with van der Waals surface area (Å²) in [7, 11) is 1.64. The molecule has 2 aliphatic carbocycles. The number of nitrogens with zero attached hydrogens (tertiary/aromatic N) is 4. The molecule has 0 aromatic carbocycles. The minimum atomic E-state index is 0.203. The van der Waals surface area contributed by atoms with Gasteiger partial charge in [-0.3, -0.25) is 9.69 Å². The molecule has 0 amide bonds. The molecule has 3 aliphatic rings. The first-order valence-corrected chi connectivity index (χ1v) is 13.5. The van der Waals surface area contributed by atoms with E-state index in [1.165, 1.54) is 50.0 Å². The van der Waals surface area contributed by atoms with Crippen LogP contribution >= 0.6 is 0 Å². The van der Waals surface area contributed by atoms with Gasteiger partial charge in [0, 0.05) is 50.5 Å². The van der Waals surface area contributed by atoms with E-state index in [0.29, 0.717) is 6.42 Å². The van der Waals surface area contributed by atoms with Crippen molar-refractivity contribution < 1.29 is 9.53 Å². The molecule has 0 radical (unpaired) electrons. The molecule has 2 fully saturated rings. The second-order valence-electron chi connectivity index (χ2n) is 9.83. The fourth-order valence-electron chi connectivity index (χ4n) is 4.79. The Balaban J connectivity index is 0.000000225. The van der Waals surface area contributed by atoms with Crippen molar-refractivity contribution in [3.8, 4) is 0 Å². The summed E-state index contributed by atoms with van der Waals surface area (Å²) in [6.07, 6.45) is 20.0. The van der Waals surface area contributed by atoms with Crippen LogP contribution in [-0.2, 0) is 22.4 Å². The van der Waals surface area contributed by atoms with Gasteiger partial charge in [-0.15, -0.1) is 0 Å². The highest BCUT2D eigenvalue weighted by Gasteiger charge is 2.28. The largest absolute Gasteiger partial charge is 0.497 e. The van der Waals surface area contributed by atoms with Crippen molar-refractivity contribution in [2.24, 2.45) is 0 Å². The summed E-state index contributed by atoms with van der Waals surface area (Å²) >= 11 is 0. The van der Waals surface area contributed by atoms with Gasteiger partial charge >= 0.3 is 0 Å². The molecule has 35 heavy (non-hydrogen) atoms. The lowest BCUT2D eigenvalue weighted by atomic mass is 9.91. The first-order chi connectivity index (χ1) is 17.0. The van der Waals surface area contributed by atoms with Gasteiger partial charge in [-0.25, -0.2) is 9.97 Å². The molecule has 0 atom stereocenters. The Morgan fingerprint density at radius 3 is 2.43 bits per heavy atom. The second-order valence-corrected chi connectivity index (χ2v) is 9.83. The quantitative estimate of drug-likeness (QED) is 0.469. The van der Waals surface area contributed by atoms with Crippen LogP contribution in [0.3, 0.4) is 0 Å². The average Bonchev–Trinajstić information content (AvgIpc) is 3.05. The summed E-state index contributed by atoms with van der Waals surface area (Å²) in [5.74, 6) is 1.99. The number of rotatable bonds is 9. The number of carbonyl (C=O) groups is 1. The Hall–Kier alpha value is -2.47. The second kappa shape index (κ2) is 14.2. The Bertz CT molecular complexity index is 909. The van der Waals surface area contributed by atoms with E-state index in [1.807, 2.05) is 24.3 Å². The van der Waals surface area contributed by atoms with Crippen LogP contribution in [0.25, 0.3) is 0 Å². The molecule has 1 aromatic heterocycles. The number of ketones is 1. The van der Waals surface area contributed by atoms with Crippen molar-refractivity contribution in [3.05, 3.63) is 53.1 Å². The normalized spacial score (nSPS) is 18.6. The van der Waals surface area contributed by atoms with Crippen LogP contribution < -0.4 is 4.90 Å². The maximum atomic E-state index is 10.9. The Labute approximate surface area is 212 Å². The molecule has 0 spiro atoms. The third kappa shape index (κ3) is 8.31. The highest BCUT2D eigenvalue weighted by molar-refractivity contribution is 5.78. The molecule has 192 valence electrons. The van der Waals surface area contributed by atoms with Crippen LogP contribution in [0.15, 0.2) is 41.8 Å². The minimum Gasteiger partial charge on any atom is -0.497 e. The van der Waals surface area contributed by atoms with Gasteiger partial charge in [0.25, 0.3) is 0 Å². The monoisotopic (exact) mass is 480 g/mol. The topological polar surface area (TPSA) is 58.6 Å². The van der Waals surface area contributed by atoms with E-state index in [1.54, 1.807) is 14.0 Å². The summed E-state index contributed by atoms with van der Waals surface area (Å²) in [4.78, 5) is 25.5. The number of anilines is 1. The van der Waals surface area contributed by atoms with E-state index in [4.69, 9.17) is 9.72 Å². The summed E-state index contributed by atoms with van der Waals surface area (Å²) in [5, 5.41) is 0. The van der Waals surface area contributed by atoms with Crippen molar-refractivity contribution in [3.63, 3.8) is 0 Å². The molecule has 6 heteroatoms. The summed E-state index contributed by atoms with van der Waals surface area (Å²) in [6, 6.07) is 0.866. The minimum absolute atomic E-state index is 0.203. The predicted octanol–water partition coefficient (Wildman–Crippen LogP) is 5.44. The fraction of sp³-hybridized carbons (Fsp3) is 0.621. The Kier molecular flexibility index (Phi) is 11.0. The average molecular weight is 481 g/mol. The van der Waals surface area contributed by atoms with Crippen molar-refractivity contribution in [2.45, 2.75) is 84.6 Å². The van der Waals surface area contributed by atoms with E-state index in [0.717, 1.165) is 62.1 Å². The summed E-state index contributed by atoms with van der Waals surface area (Å²) < 4.78 is 5.07. The number of carbonyl (C=O) groups excluding carboxylic acids is 1. The van der Waals surface area contributed by atoms with Gasteiger partial charge in [-0.2, -0.15) is 0 Å². The molecule has 1 saturated heterocycles. The van der Waals surface area contributed by atoms with Crippen LogP contribution in [-0.4, -0.2) is 60.0 Å². The molecule has 1 aromatic rings. The number of aryl methyl sites for hydroxylation is 2. The maximum Gasteiger partial charge on any atom is 0.225 e. The lowest BCUT2D eigenvalue weighted by Crippen LogP contribution is -2.52. The Morgan fingerprint density at radius 1 is 1.09 bits per heavy atom. The van der Waals surface area contributed by atoms with Crippen LogP contribution in [0.1, 0.15) is 77.0 Å². The number of hydrogen-bond donors (Lipinski definition) is 0. The van der Waals surface area contributed by atoms with Crippen LogP contribution in [0, 0.1) is 0 Å². The number of ether oxygens (including phenoxy) is 1. The van der Waals surface area contributed by atoms with Crippen molar-refractivity contribution in [1.29, 1.82) is 0 Å². The van der Waals surface area contributed by atoms with Gasteiger partial charge < -0.3 is 9.64 Å². The lowest BCUT2D eigenvalue weighted by molar-refractivity contribution is -0.116. The zero-order valence-electron chi connectivity index (χ0n) is 22.3. The fourth-order valence-corrected chi connectivity index (χ4v) is 4.79. The standard InChI is InChI=1S/C18H30N4.C11H14O2/c1-3-6-15-14-19-18(20-17(15)7-4-2)22-12-10-21(11-13-22)16-8-5-9-16;1-9(12)8-10-4-3-5-11(13-2)7-6-10/h14,16H,3-13H2,1-2H3;3,5-7H,4,8H2,1-2H3. The van der Waals surface area contributed by atoms with Crippen molar-refractivity contribution in [2.75, 3.05) is 38.2 Å². The predicted molar refractivity (Wildman–Crippen MR) is 144 cm³/mol. The third-order valence-electron chi connectivity index (χ3n) is 6.99. The molecular formula is C29H44N4O2. The molecule has 1 saturated carbocycles. The number of methoxy groups -OCH3 is 1. The molecular weight excluding hydrogens is 436 g/mol. The van der Waals surface area contributed by atoms with E-state index < -0.39 is 0 Å². The zero-order chi connectivity index (χ0) is 25.0. The van der Waals surface area contributed by atoms with Gasteiger partial charge in [0.15, 0.2) is 0 Å². The molecule has 6 nitrogen and oxygen atoms in total. The van der Waals surface area contributed by atoms with Gasteiger partial charge in [-0.1, -0.05) is 50.8 Å². The molecule has 2 heterocycles. The van der Waals surface area contributed by atoms with Crippen molar-refractivity contribution >= 4 is 11.7 Å². The summed E-state index contributed by atoms with van der Waals surface area (Å²) in [5.41, 5.74) is 3.76. The molecule has 1 aliphatic heterocycles. The molecule has 4 rings (SSSR count). The third-order valence-corrected chi connectivity index (χ3v) is 6.99. The molecule has 0 N–H and O–H groups in total. The smallest absolute Gasteiger partial charge is 0.225 e. The number of piperazine rings is 1. The van der Waals surface area contributed by atoms with E-state index >= 15 is 0 Å². The van der Waals surface area contributed by atoms with Crippen LogP contribution in [0.4, 0.5) is 5.95 Å². The van der Waals surface area contributed by atoms with Gasteiger partial charge in [0.1, 0.15) is 11.5 Å². The van der Waals surface area contributed by atoms with Crippen LogP contribution in [0.5, 0.6) is 0 Å². The maximum absolute atomic E-state index is 10.9. The van der Waals surface area contributed by atoms with Gasteiger partial charge in [-0.05, 0) is 56.7 Å². The molecule has 0 unspecified atom stereocenters. The number of Topliss-reactive ketones (excluding diaryl/α,β-unsaturated/α-hetero) is 1. The van der Waals surface area contributed by atoms with Crippen molar-refractivity contribution in [1.82, 2.24) is 14.9 Å². The number of aromatic nitrogens is 2. The zero-order valence-corrected chi connectivity index (χ0v) is 22.3. The van der Waals surface area contributed by atoms with Crippen LogP contribution in [0.2, 0.25) is 0 Å². The van der Waals surface area contributed by atoms with Gasteiger partial charge in [0.2, 0.25) is 5.95 Å². The Morgan fingerprint density at radius 2 is 1.83 bits per heavy atom. The van der Waals surface area contributed by atoms with Gasteiger partial charge in [0.05, 0.1) is 7.11 Å². The van der Waals surface area contributed by atoms with E-state index in [-0.39, 0.29) is 5.78 Å². The highest BCUT2D eigenvalue weighted by Crippen LogP contribution is 2.26. The van der Waals surface area contributed by atoms with E-state index in [9.17, 15) is 4.79 Å². The highest BCUT2D eigenvalue weighted by atomic mass is 16.5. The van der Waals surface area contributed by atoms with E-state index in [2.05, 4.69) is 34.8 Å². The first-order valence-electron chi connectivity index (χ1n) is 13.5. The first kappa shape index (κ1) is 27.1. The SMILES string of the molecule is CCCc1cnc(N2CCN(C3CCC3)CC2)nc1CCC.COC1=CC=C(CC(C)=O)CC=C1. The number of hydrogen-bond acceptors (Lipinski definition) is 6.